The molecule has 0 bridgehead atoms. The highest BCUT2D eigenvalue weighted by Gasteiger charge is 2.26. The van der Waals surface area contributed by atoms with Gasteiger partial charge in [0.15, 0.2) is 0 Å². The van der Waals surface area contributed by atoms with Crippen LogP contribution in [-0.4, -0.2) is 22.4 Å². The molecule has 2 heterocycles. The van der Waals surface area contributed by atoms with Gasteiger partial charge in [-0.1, -0.05) is 41.4 Å². The first-order valence-corrected chi connectivity index (χ1v) is 8.82. The lowest BCUT2D eigenvalue weighted by Gasteiger charge is -2.17. The Labute approximate surface area is 160 Å². The molecule has 7 heteroatoms. The molecule has 130 valence electrons. The van der Waals surface area contributed by atoms with Gasteiger partial charge in [0.05, 0.1) is 10.7 Å². The van der Waals surface area contributed by atoms with Crippen molar-refractivity contribution in [2.75, 3.05) is 16.8 Å². The number of nitrogens with one attached hydrogen (secondary N) is 1. The predicted molar refractivity (Wildman–Crippen MR) is 104 cm³/mol. The fraction of sp³-hybridized carbons (Fsp3) is 0.105. The monoisotopic (exact) mass is 384 g/mol. The first-order valence-electron chi connectivity index (χ1n) is 8.07. The highest BCUT2D eigenvalue weighted by atomic mass is 35.5. The van der Waals surface area contributed by atoms with E-state index in [2.05, 4.69) is 15.3 Å². The number of halogens is 2. The van der Waals surface area contributed by atoms with E-state index in [0.29, 0.717) is 33.9 Å². The van der Waals surface area contributed by atoms with Crippen LogP contribution in [0, 0.1) is 0 Å². The lowest BCUT2D eigenvalue weighted by Crippen LogP contribution is -2.29. The van der Waals surface area contributed by atoms with Gasteiger partial charge >= 0.3 is 0 Å². The SMILES string of the molecule is O=C(c1ccnc(Nc2ccc(Cl)cc2Cl)n1)N1CCc2ccccc21. The minimum absolute atomic E-state index is 0.150. The smallest absolute Gasteiger partial charge is 0.277 e. The standard InChI is InChI=1S/C19H14Cl2N4O/c20-13-5-6-15(14(21)11-13)23-19-22-9-7-16(24-19)18(26)25-10-8-12-3-1-2-4-17(12)25/h1-7,9,11H,8,10H2,(H,22,23,24). The fourth-order valence-corrected chi connectivity index (χ4v) is 3.39. The van der Waals surface area contributed by atoms with Crippen molar-refractivity contribution in [3.63, 3.8) is 0 Å². The summed E-state index contributed by atoms with van der Waals surface area (Å²) in [6.07, 6.45) is 2.40. The molecule has 2 aromatic carbocycles. The molecule has 0 unspecified atom stereocenters. The summed E-state index contributed by atoms with van der Waals surface area (Å²) in [5.41, 5.74) is 3.05. The van der Waals surface area contributed by atoms with Crippen LogP contribution in [0.3, 0.4) is 0 Å². The zero-order valence-corrected chi connectivity index (χ0v) is 15.1. The predicted octanol–water partition coefficient (Wildman–Crippen LogP) is 4.73. The van der Waals surface area contributed by atoms with E-state index in [4.69, 9.17) is 23.2 Å². The number of amides is 1. The van der Waals surface area contributed by atoms with Crippen LogP contribution in [-0.2, 0) is 6.42 Å². The molecule has 1 aliphatic heterocycles. The number of benzene rings is 2. The summed E-state index contributed by atoms with van der Waals surface area (Å²) in [4.78, 5) is 23.1. The van der Waals surface area contributed by atoms with Crippen molar-refractivity contribution >= 4 is 46.4 Å². The third-order valence-electron chi connectivity index (χ3n) is 4.18. The largest absolute Gasteiger partial charge is 0.323 e. The molecule has 1 amide bonds. The lowest BCUT2D eigenvalue weighted by molar-refractivity contribution is 0.0984. The van der Waals surface area contributed by atoms with Crippen LogP contribution >= 0.6 is 23.2 Å². The van der Waals surface area contributed by atoms with Crippen LogP contribution in [0.5, 0.6) is 0 Å². The second-order valence-electron chi connectivity index (χ2n) is 5.85. The molecule has 0 aliphatic carbocycles. The number of carbonyl (C=O) groups excluding carboxylic acids is 1. The van der Waals surface area contributed by atoms with Gasteiger partial charge < -0.3 is 10.2 Å². The van der Waals surface area contributed by atoms with Crippen LogP contribution in [0.15, 0.2) is 54.7 Å². The van der Waals surface area contributed by atoms with E-state index in [9.17, 15) is 4.79 Å². The van der Waals surface area contributed by atoms with Gasteiger partial charge in [0.1, 0.15) is 5.69 Å². The molecule has 1 N–H and O–H groups in total. The Morgan fingerprint density at radius 2 is 1.96 bits per heavy atom. The maximum absolute atomic E-state index is 12.9. The van der Waals surface area contributed by atoms with E-state index in [1.807, 2.05) is 24.3 Å². The Bertz CT molecular complexity index is 993. The van der Waals surface area contributed by atoms with Crippen molar-refractivity contribution in [1.82, 2.24) is 9.97 Å². The lowest BCUT2D eigenvalue weighted by atomic mass is 10.2. The van der Waals surface area contributed by atoms with Crippen LogP contribution in [0.4, 0.5) is 17.3 Å². The zero-order chi connectivity index (χ0) is 18.1. The summed E-state index contributed by atoms with van der Waals surface area (Å²) in [5, 5.41) is 4.01. The molecule has 1 aromatic heterocycles. The normalized spacial score (nSPS) is 12.8. The molecule has 26 heavy (non-hydrogen) atoms. The molecular weight excluding hydrogens is 371 g/mol. The first-order chi connectivity index (χ1) is 12.6. The maximum Gasteiger partial charge on any atom is 0.277 e. The Morgan fingerprint density at radius 1 is 1.12 bits per heavy atom. The Hall–Kier alpha value is -2.63. The summed E-state index contributed by atoms with van der Waals surface area (Å²) in [6.45, 7) is 0.647. The van der Waals surface area contributed by atoms with Gasteiger partial charge in [0.25, 0.3) is 5.91 Å². The second-order valence-corrected chi connectivity index (χ2v) is 6.69. The van der Waals surface area contributed by atoms with Crippen LogP contribution in [0.1, 0.15) is 16.1 Å². The number of carbonyl (C=O) groups is 1. The Balaban J connectivity index is 1.59. The number of aromatic nitrogens is 2. The number of hydrogen-bond acceptors (Lipinski definition) is 4. The van der Waals surface area contributed by atoms with Gasteiger partial charge in [0.2, 0.25) is 5.95 Å². The van der Waals surface area contributed by atoms with E-state index >= 15 is 0 Å². The van der Waals surface area contributed by atoms with Gasteiger partial charge in [-0.3, -0.25) is 4.79 Å². The second kappa shape index (κ2) is 6.94. The third kappa shape index (κ3) is 3.23. The molecule has 0 saturated carbocycles. The van der Waals surface area contributed by atoms with E-state index in [0.717, 1.165) is 12.1 Å². The number of para-hydroxylation sites is 1. The number of anilines is 3. The Kier molecular flexibility index (Phi) is 4.49. The molecule has 0 atom stereocenters. The summed E-state index contributed by atoms with van der Waals surface area (Å²) in [5.74, 6) is 0.148. The van der Waals surface area contributed by atoms with Gasteiger partial charge in [-0.2, -0.15) is 0 Å². The summed E-state index contributed by atoms with van der Waals surface area (Å²) < 4.78 is 0. The number of nitrogens with zero attached hydrogens (tertiary/aromatic N) is 3. The molecule has 5 nitrogen and oxygen atoms in total. The molecular formula is C19H14Cl2N4O. The number of fused-ring (bicyclic) bond motifs is 1. The van der Waals surface area contributed by atoms with Crippen molar-refractivity contribution in [2.24, 2.45) is 0 Å². The van der Waals surface area contributed by atoms with Crippen molar-refractivity contribution in [2.45, 2.75) is 6.42 Å². The van der Waals surface area contributed by atoms with E-state index in [1.54, 1.807) is 35.4 Å². The zero-order valence-electron chi connectivity index (χ0n) is 13.6. The topological polar surface area (TPSA) is 58.1 Å². The third-order valence-corrected chi connectivity index (χ3v) is 4.73. The van der Waals surface area contributed by atoms with Crippen LogP contribution in [0.2, 0.25) is 10.0 Å². The van der Waals surface area contributed by atoms with E-state index in [1.165, 1.54) is 5.56 Å². The quantitative estimate of drug-likeness (QED) is 0.708. The molecule has 0 saturated heterocycles. The van der Waals surface area contributed by atoms with Crippen molar-refractivity contribution in [3.05, 3.63) is 76.0 Å². The van der Waals surface area contributed by atoms with Crippen molar-refractivity contribution < 1.29 is 4.79 Å². The van der Waals surface area contributed by atoms with Gasteiger partial charge in [-0.25, -0.2) is 9.97 Å². The molecule has 4 rings (SSSR count). The molecule has 0 radical (unpaired) electrons. The molecule has 0 spiro atoms. The summed E-state index contributed by atoms with van der Waals surface area (Å²) in [7, 11) is 0. The van der Waals surface area contributed by atoms with Crippen LogP contribution < -0.4 is 10.2 Å². The first kappa shape index (κ1) is 16.8. The highest BCUT2D eigenvalue weighted by molar-refractivity contribution is 6.36. The van der Waals surface area contributed by atoms with E-state index in [-0.39, 0.29) is 5.91 Å². The summed E-state index contributed by atoms with van der Waals surface area (Å²) in [6, 6.07) is 14.6. The summed E-state index contributed by atoms with van der Waals surface area (Å²) >= 11 is 12.1. The molecule has 1 aliphatic rings. The van der Waals surface area contributed by atoms with E-state index < -0.39 is 0 Å². The van der Waals surface area contributed by atoms with Gasteiger partial charge in [0, 0.05) is 23.5 Å². The molecule has 0 fully saturated rings. The highest BCUT2D eigenvalue weighted by Crippen LogP contribution is 2.29. The molecule has 3 aromatic rings. The maximum atomic E-state index is 12.9. The fourth-order valence-electron chi connectivity index (χ4n) is 2.94. The van der Waals surface area contributed by atoms with Crippen molar-refractivity contribution in [1.29, 1.82) is 0 Å². The average molecular weight is 385 g/mol. The van der Waals surface area contributed by atoms with Gasteiger partial charge in [-0.15, -0.1) is 0 Å². The number of rotatable bonds is 3. The number of hydrogen-bond donors (Lipinski definition) is 1. The van der Waals surface area contributed by atoms with Crippen LogP contribution in [0.25, 0.3) is 0 Å². The van der Waals surface area contributed by atoms with Crippen molar-refractivity contribution in [3.8, 4) is 0 Å². The minimum Gasteiger partial charge on any atom is -0.323 e. The average Bonchev–Trinajstić information content (AvgIpc) is 3.08. The van der Waals surface area contributed by atoms with Gasteiger partial charge in [-0.05, 0) is 42.3 Å². The Morgan fingerprint density at radius 3 is 2.81 bits per heavy atom. The minimum atomic E-state index is -0.150.